The summed E-state index contributed by atoms with van der Waals surface area (Å²) >= 11 is 5.83. The number of hydrogen-bond acceptors (Lipinski definition) is 4. The quantitative estimate of drug-likeness (QED) is 0.502. The van der Waals surface area contributed by atoms with Crippen LogP contribution in [-0.2, 0) is 11.0 Å². The van der Waals surface area contributed by atoms with Gasteiger partial charge in [-0.25, -0.2) is 9.59 Å². The van der Waals surface area contributed by atoms with Gasteiger partial charge in [-0.05, 0) is 61.2 Å². The van der Waals surface area contributed by atoms with E-state index in [0.29, 0.717) is 31.1 Å². The minimum atomic E-state index is -4.70. The number of hydrogen-bond donors (Lipinski definition) is 2. The first kappa shape index (κ1) is 30.2. The number of carboxylic acid groups (broad SMARTS) is 1. The molecule has 41 heavy (non-hydrogen) atoms. The van der Waals surface area contributed by atoms with E-state index in [2.05, 4.69) is 5.32 Å². The van der Waals surface area contributed by atoms with Crippen LogP contribution in [0.4, 0.5) is 23.7 Å². The number of rotatable bonds is 6. The number of likely N-dealkylation sites (N-methyl/N-ethyl adjacent to an activating group) is 1. The maximum absolute atomic E-state index is 13.5. The number of piperidine rings is 1. The van der Waals surface area contributed by atoms with E-state index < -0.39 is 35.2 Å². The Bertz CT molecular complexity index is 1360. The van der Waals surface area contributed by atoms with Gasteiger partial charge in [0.05, 0.1) is 16.7 Å². The van der Waals surface area contributed by atoms with Gasteiger partial charge in [-0.1, -0.05) is 25.4 Å². The highest BCUT2D eigenvalue weighted by atomic mass is 35.5. The van der Waals surface area contributed by atoms with E-state index >= 15 is 0 Å². The lowest BCUT2D eigenvalue weighted by Gasteiger charge is -2.44. The largest absolute Gasteiger partial charge is 0.478 e. The predicted octanol–water partition coefficient (Wildman–Crippen LogP) is 4.74. The summed E-state index contributed by atoms with van der Waals surface area (Å²) in [5.41, 5.74) is -1.35. The molecule has 0 unspecified atom stereocenters. The molecule has 2 aliphatic rings. The van der Waals surface area contributed by atoms with Gasteiger partial charge in [0.1, 0.15) is 6.04 Å². The highest BCUT2D eigenvalue weighted by Gasteiger charge is 2.51. The summed E-state index contributed by atoms with van der Waals surface area (Å²) in [6.45, 7) is 4.41. The number of nitrogens with zero attached hydrogens (tertiary/aromatic N) is 3. The second-order valence-electron chi connectivity index (χ2n) is 10.8. The van der Waals surface area contributed by atoms with Crippen molar-refractivity contribution < 1.29 is 37.5 Å². The lowest BCUT2D eigenvalue weighted by atomic mass is 9.85. The zero-order valence-corrected chi connectivity index (χ0v) is 23.4. The van der Waals surface area contributed by atoms with E-state index in [-0.39, 0.29) is 47.1 Å². The average Bonchev–Trinajstić information content (AvgIpc) is 3.14. The third kappa shape index (κ3) is 6.12. The number of likely N-dealkylation sites (tertiary alicyclic amines) is 1. The van der Waals surface area contributed by atoms with Crippen LogP contribution in [0.3, 0.4) is 0 Å². The van der Waals surface area contributed by atoms with E-state index in [1.807, 2.05) is 0 Å². The number of carboxylic acids is 1. The number of urea groups is 1. The van der Waals surface area contributed by atoms with Crippen molar-refractivity contribution in [2.45, 2.75) is 44.4 Å². The molecule has 2 aromatic carbocycles. The Hall–Kier alpha value is -3.80. The summed E-state index contributed by atoms with van der Waals surface area (Å²) in [5.74, 6) is -2.67. The van der Waals surface area contributed by atoms with Gasteiger partial charge < -0.3 is 20.2 Å². The molecule has 0 aliphatic carbocycles. The van der Waals surface area contributed by atoms with Crippen molar-refractivity contribution in [2.75, 3.05) is 31.6 Å². The average molecular weight is 595 g/mol. The summed E-state index contributed by atoms with van der Waals surface area (Å²) in [6.07, 6.45) is -3.84. The van der Waals surface area contributed by atoms with Crippen LogP contribution in [0.15, 0.2) is 42.5 Å². The van der Waals surface area contributed by atoms with Gasteiger partial charge >= 0.3 is 18.2 Å². The normalized spacial score (nSPS) is 17.8. The number of halogens is 4. The van der Waals surface area contributed by atoms with Gasteiger partial charge in [-0.2, -0.15) is 13.2 Å². The number of aromatic carboxylic acids is 1. The molecule has 4 amide bonds. The van der Waals surface area contributed by atoms with Crippen LogP contribution in [-0.4, -0.2) is 77.0 Å². The first-order valence-electron chi connectivity index (χ1n) is 13.0. The lowest BCUT2D eigenvalue weighted by molar-refractivity contribution is -0.138. The van der Waals surface area contributed by atoms with Crippen molar-refractivity contribution in [1.82, 2.24) is 15.1 Å². The molecular weight excluding hydrogens is 565 g/mol. The first-order valence-corrected chi connectivity index (χ1v) is 13.4. The van der Waals surface area contributed by atoms with Gasteiger partial charge in [-0.3, -0.25) is 14.5 Å². The van der Waals surface area contributed by atoms with E-state index in [1.165, 1.54) is 12.1 Å². The minimum Gasteiger partial charge on any atom is -0.478 e. The predicted molar refractivity (Wildman–Crippen MR) is 145 cm³/mol. The fourth-order valence-corrected chi connectivity index (χ4v) is 5.67. The Kier molecular flexibility index (Phi) is 8.26. The molecular formula is C28H30ClF3N4O5. The molecule has 4 rings (SSSR count). The maximum Gasteiger partial charge on any atom is 0.416 e. The van der Waals surface area contributed by atoms with Crippen molar-refractivity contribution in [3.8, 4) is 0 Å². The molecule has 2 saturated heterocycles. The van der Waals surface area contributed by atoms with Crippen LogP contribution >= 0.6 is 11.6 Å². The molecule has 0 aromatic heterocycles. The summed E-state index contributed by atoms with van der Waals surface area (Å²) in [4.78, 5) is 55.7. The molecule has 2 heterocycles. The maximum atomic E-state index is 13.5. The van der Waals surface area contributed by atoms with E-state index in [9.17, 15) is 37.5 Å². The number of nitrogens with one attached hydrogen (secondary N) is 1. The number of anilines is 1. The van der Waals surface area contributed by atoms with Crippen molar-refractivity contribution in [2.24, 2.45) is 5.92 Å². The molecule has 13 heteroatoms. The molecule has 9 nitrogen and oxygen atoms in total. The summed E-state index contributed by atoms with van der Waals surface area (Å²) in [5, 5.41) is 11.5. The minimum absolute atomic E-state index is 0.0948. The van der Waals surface area contributed by atoms with Crippen LogP contribution in [0.2, 0.25) is 5.02 Å². The molecule has 220 valence electrons. The van der Waals surface area contributed by atoms with Crippen molar-refractivity contribution >= 4 is 41.1 Å². The van der Waals surface area contributed by atoms with Crippen molar-refractivity contribution in [3.05, 3.63) is 64.2 Å². The van der Waals surface area contributed by atoms with Crippen LogP contribution in [0, 0.1) is 5.92 Å². The van der Waals surface area contributed by atoms with Crippen LogP contribution < -0.4 is 10.2 Å². The fourth-order valence-electron chi connectivity index (χ4n) is 5.44. The molecule has 0 bridgehead atoms. The van der Waals surface area contributed by atoms with Crippen LogP contribution in [0.5, 0.6) is 0 Å². The van der Waals surface area contributed by atoms with Crippen LogP contribution in [0.1, 0.15) is 53.0 Å². The monoisotopic (exact) mass is 594 g/mol. The van der Waals surface area contributed by atoms with E-state index in [4.69, 9.17) is 11.6 Å². The summed E-state index contributed by atoms with van der Waals surface area (Å²) in [7, 11) is 1.68. The van der Waals surface area contributed by atoms with Crippen LogP contribution in [0.25, 0.3) is 0 Å². The highest BCUT2D eigenvalue weighted by Crippen LogP contribution is 2.39. The third-order valence-corrected chi connectivity index (χ3v) is 7.83. The number of benzene rings is 2. The topological polar surface area (TPSA) is 110 Å². The number of alkyl halides is 3. The van der Waals surface area contributed by atoms with Gasteiger partial charge in [0.15, 0.2) is 0 Å². The SMILES string of the molecule is CC(C)[C@@H](NC(=O)c1cc(Cl)cc(C(F)(F)F)c1)C(=O)N1CCC2(CC1)CN(C)C(=O)N2c1ccc(C(=O)O)cc1. The summed E-state index contributed by atoms with van der Waals surface area (Å²) < 4.78 is 39.7. The Labute approximate surface area is 239 Å². The smallest absolute Gasteiger partial charge is 0.416 e. The lowest BCUT2D eigenvalue weighted by Crippen LogP contribution is -2.59. The van der Waals surface area contributed by atoms with Crippen molar-refractivity contribution in [3.63, 3.8) is 0 Å². The molecule has 1 atom stereocenters. The van der Waals surface area contributed by atoms with Gasteiger partial charge in [0.2, 0.25) is 5.91 Å². The molecule has 2 aromatic rings. The Morgan fingerprint density at radius 1 is 1.02 bits per heavy atom. The molecule has 0 radical (unpaired) electrons. The van der Waals surface area contributed by atoms with Gasteiger partial charge in [0.25, 0.3) is 5.91 Å². The van der Waals surface area contributed by atoms with Gasteiger partial charge in [-0.15, -0.1) is 0 Å². The molecule has 0 saturated carbocycles. The zero-order valence-electron chi connectivity index (χ0n) is 22.7. The van der Waals surface area contributed by atoms with Gasteiger partial charge in [0, 0.05) is 43.0 Å². The molecule has 1 spiro atoms. The number of carbonyl (C=O) groups excluding carboxylic acids is 3. The second-order valence-corrected chi connectivity index (χ2v) is 11.2. The zero-order chi connectivity index (χ0) is 30.3. The number of amides is 4. The Morgan fingerprint density at radius 2 is 1.63 bits per heavy atom. The highest BCUT2D eigenvalue weighted by molar-refractivity contribution is 6.31. The molecule has 2 N–H and O–H groups in total. The molecule has 2 aliphatic heterocycles. The Balaban J connectivity index is 1.49. The molecule has 2 fully saturated rings. The van der Waals surface area contributed by atoms with E-state index in [0.717, 1.165) is 12.1 Å². The first-order chi connectivity index (χ1) is 19.1. The van der Waals surface area contributed by atoms with E-state index in [1.54, 1.807) is 47.7 Å². The second kappa shape index (κ2) is 11.2. The Morgan fingerprint density at radius 3 is 2.17 bits per heavy atom. The number of carbonyl (C=O) groups is 4. The third-order valence-electron chi connectivity index (χ3n) is 7.61. The fraction of sp³-hybridized carbons (Fsp3) is 0.429. The standard InChI is InChI=1S/C28H30ClF3N4O5/c1-16(2)22(33-23(37)18-12-19(28(30,31)32)14-20(29)13-18)24(38)35-10-8-27(9-11-35)15-34(3)26(41)36(27)21-6-4-17(5-7-21)25(39)40/h4-7,12-14,16,22H,8-11,15H2,1-3H3,(H,33,37)(H,39,40)/t22-/m1/s1. The van der Waals surface area contributed by atoms with Crippen molar-refractivity contribution in [1.29, 1.82) is 0 Å². The summed E-state index contributed by atoms with van der Waals surface area (Å²) in [6, 6.07) is 7.34.